The van der Waals surface area contributed by atoms with E-state index in [1.54, 1.807) is 44.2 Å². The van der Waals surface area contributed by atoms with Gasteiger partial charge >= 0.3 is 5.97 Å². The number of carboxylic acids is 1. The minimum Gasteiger partial charge on any atom is -0.478 e. The Labute approximate surface area is 178 Å². The lowest BCUT2D eigenvalue weighted by molar-refractivity contribution is -0.132. The Hall–Kier alpha value is -3.01. The highest BCUT2D eigenvalue weighted by Crippen LogP contribution is 2.28. The van der Waals surface area contributed by atoms with Crippen LogP contribution >= 0.6 is 0 Å². The van der Waals surface area contributed by atoms with E-state index < -0.39 is 5.97 Å². The molecule has 2 rings (SSSR count). The normalized spacial score (nSPS) is 15.5. The molecule has 0 atom stereocenters. The highest BCUT2D eigenvalue weighted by Gasteiger charge is 2.28. The molecule has 30 heavy (non-hydrogen) atoms. The van der Waals surface area contributed by atoms with Gasteiger partial charge in [0.25, 0.3) is 0 Å². The second kappa shape index (κ2) is 10.7. The van der Waals surface area contributed by atoms with Gasteiger partial charge in [0.2, 0.25) is 0 Å². The predicted octanol–water partition coefficient (Wildman–Crippen LogP) is 6.26. The molecule has 1 aliphatic carbocycles. The summed E-state index contributed by atoms with van der Waals surface area (Å²) < 4.78 is 0. The zero-order valence-corrected chi connectivity index (χ0v) is 18.2. The lowest BCUT2D eigenvalue weighted by Gasteiger charge is -2.18. The third-order valence-electron chi connectivity index (χ3n) is 5.50. The number of carbonyl (C=O) groups is 3. The van der Waals surface area contributed by atoms with Crippen molar-refractivity contribution in [2.45, 2.75) is 59.8 Å². The van der Waals surface area contributed by atoms with Crippen LogP contribution in [0.15, 0.2) is 70.4 Å². The Morgan fingerprint density at radius 2 is 1.40 bits per heavy atom. The first-order valence-electron chi connectivity index (χ1n) is 10.3. The van der Waals surface area contributed by atoms with Crippen LogP contribution in [0.5, 0.6) is 0 Å². The van der Waals surface area contributed by atoms with E-state index in [9.17, 15) is 14.4 Å². The summed E-state index contributed by atoms with van der Waals surface area (Å²) >= 11 is 0. The number of ketones is 2. The maximum atomic E-state index is 12.8. The van der Waals surface area contributed by atoms with E-state index in [-0.39, 0.29) is 11.6 Å². The van der Waals surface area contributed by atoms with Crippen molar-refractivity contribution in [2.24, 2.45) is 0 Å². The molecule has 4 nitrogen and oxygen atoms in total. The molecule has 1 N–H and O–H groups in total. The van der Waals surface area contributed by atoms with E-state index >= 15 is 0 Å². The molecule has 0 aromatic heterocycles. The molecule has 0 heterocycles. The number of hydrogen-bond donors (Lipinski definition) is 1. The number of rotatable bonds is 9. The second-order valence-corrected chi connectivity index (χ2v) is 7.88. The minimum absolute atomic E-state index is 0.0489. The van der Waals surface area contributed by atoms with Crippen molar-refractivity contribution in [3.63, 3.8) is 0 Å². The number of fused-ring (bicyclic) bond motifs is 1. The van der Waals surface area contributed by atoms with Crippen molar-refractivity contribution in [2.75, 3.05) is 0 Å². The SMILES string of the molecule is CC1=C(C/C=C(\C)CC/C=C(\C)CC/C=C(\C)C(=O)O)C(=O)c2ccccc2C1=O. The molecule has 158 valence electrons. The first-order valence-corrected chi connectivity index (χ1v) is 10.3. The average Bonchev–Trinajstić information content (AvgIpc) is 2.72. The third-order valence-corrected chi connectivity index (χ3v) is 5.50. The second-order valence-electron chi connectivity index (χ2n) is 7.88. The van der Waals surface area contributed by atoms with Crippen LogP contribution in [0, 0.1) is 0 Å². The van der Waals surface area contributed by atoms with Crippen LogP contribution in [0.25, 0.3) is 0 Å². The number of hydrogen-bond acceptors (Lipinski definition) is 3. The van der Waals surface area contributed by atoms with Gasteiger partial charge in [-0.2, -0.15) is 0 Å². The molecule has 0 unspecified atom stereocenters. The summed E-state index contributed by atoms with van der Waals surface area (Å²) in [4.78, 5) is 36.1. The Morgan fingerprint density at radius 3 is 2.00 bits per heavy atom. The van der Waals surface area contributed by atoms with E-state index in [0.29, 0.717) is 34.3 Å². The van der Waals surface area contributed by atoms with Gasteiger partial charge in [0, 0.05) is 27.8 Å². The van der Waals surface area contributed by atoms with E-state index in [1.165, 1.54) is 11.1 Å². The maximum absolute atomic E-state index is 12.8. The fraction of sp³-hybridized carbons (Fsp3) is 0.346. The lowest BCUT2D eigenvalue weighted by Crippen LogP contribution is -2.20. The average molecular weight is 407 g/mol. The number of carbonyl (C=O) groups excluding carboxylic acids is 2. The summed E-state index contributed by atoms with van der Waals surface area (Å²) in [5.41, 5.74) is 4.93. The Morgan fingerprint density at radius 1 is 0.867 bits per heavy atom. The van der Waals surface area contributed by atoms with Gasteiger partial charge in [-0.3, -0.25) is 9.59 Å². The molecule has 0 amide bonds. The summed E-state index contributed by atoms with van der Waals surface area (Å²) in [7, 11) is 0. The molecule has 0 aliphatic heterocycles. The standard InChI is InChI=1S/C26H30O4/c1-17(11-8-12-19(3)26(29)30)9-7-10-18(2)15-16-21-20(4)24(27)22-13-5-6-14-23(22)25(21)28/h5-6,9,12-15H,7-8,10-11,16H2,1-4H3,(H,29,30)/b17-9+,18-15+,19-12+. The largest absolute Gasteiger partial charge is 0.478 e. The summed E-state index contributed by atoms with van der Waals surface area (Å²) in [6.07, 6.45) is 9.78. The topological polar surface area (TPSA) is 71.4 Å². The van der Waals surface area contributed by atoms with Gasteiger partial charge in [0.15, 0.2) is 11.6 Å². The van der Waals surface area contributed by atoms with E-state index in [2.05, 4.69) is 13.0 Å². The van der Waals surface area contributed by atoms with Crippen LogP contribution in [0.4, 0.5) is 0 Å². The Kier molecular flexibility index (Phi) is 8.28. The van der Waals surface area contributed by atoms with Crippen LogP contribution in [0.1, 0.15) is 80.5 Å². The van der Waals surface area contributed by atoms with Gasteiger partial charge < -0.3 is 5.11 Å². The molecular weight excluding hydrogens is 376 g/mol. The van der Waals surface area contributed by atoms with E-state index in [0.717, 1.165) is 25.7 Å². The van der Waals surface area contributed by atoms with Crippen LogP contribution in [0.3, 0.4) is 0 Å². The van der Waals surface area contributed by atoms with Crippen LogP contribution in [-0.2, 0) is 4.79 Å². The zero-order valence-electron chi connectivity index (χ0n) is 18.2. The van der Waals surface area contributed by atoms with Crippen molar-refractivity contribution < 1.29 is 19.5 Å². The van der Waals surface area contributed by atoms with E-state index in [4.69, 9.17) is 5.11 Å². The van der Waals surface area contributed by atoms with Crippen molar-refractivity contribution in [1.82, 2.24) is 0 Å². The summed E-state index contributed by atoms with van der Waals surface area (Å²) in [6.45, 7) is 7.44. The predicted molar refractivity (Wildman–Crippen MR) is 120 cm³/mol. The summed E-state index contributed by atoms with van der Waals surface area (Å²) in [5, 5.41) is 8.86. The maximum Gasteiger partial charge on any atom is 0.330 e. The Balaban J connectivity index is 1.92. The van der Waals surface area contributed by atoms with Crippen LogP contribution in [0.2, 0.25) is 0 Å². The van der Waals surface area contributed by atoms with Gasteiger partial charge in [-0.15, -0.1) is 0 Å². The number of Topliss-reactive ketones (excluding diaryl/α,β-unsaturated/α-hetero) is 2. The highest BCUT2D eigenvalue weighted by atomic mass is 16.4. The van der Waals surface area contributed by atoms with Gasteiger partial charge in [-0.25, -0.2) is 4.79 Å². The van der Waals surface area contributed by atoms with Crippen molar-refractivity contribution in [3.8, 4) is 0 Å². The molecule has 0 fully saturated rings. The monoisotopic (exact) mass is 406 g/mol. The quantitative estimate of drug-likeness (QED) is 0.388. The fourth-order valence-corrected chi connectivity index (χ4v) is 3.43. The third kappa shape index (κ3) is 5.99. The lowest BCUT2D eigenvalue weighted by atomic mass is 9.83. The Bertz CT molecular complexity index is 971. The van der Waals surface area contributed by atoms with Gasteiger partial charge in [-0.1, -0.05) is 53.6 Å². The van der Waals surface area contributed by atoms with Crippen LogP contribution in [-0.4, -0.2) is 22.6 Å². The molecule has 0 saturated heterocycles. The molecule has 0 bridgehead atoms. The number of carboxylic acid groups (broad SMARTS) is 1. The fourth-order valence-electron chi connectivity index (χ4n) is 3.43. The van der Waals surface area contributed by atoms with Gasteiger partial charge in [0.1, 0.15) is 0 Å². The minimum atomic E-state index is -0.871. The van der Waals surface area contributed by atoms with Crippen molar-refractivity contribution >= 4 is 17.5 Å². The molecule has 0 spiro atoms. The molecule has 1 aromatic rings. The smallest absolute Gasteiger partial charge is 0.330 e. The van der Waals surface area contributed by atoms with Crippen molar-refractivity contribution in [3.05, 3.63) is 81.5 Å². The number of aliphatic carboxylic acids is 1. The van der Waals surface area contributed by atoms with Gasteiger partial charge in [-0.05, 0) is 59.8 Å². The number of allylic oxidation sites excluding steroid dienone is 7. The molecule has 1 aromatic carbocycles. The molecule has 0 radical (unpaired) electrons. The van der Waals surface area contributed by atoms with Crippen molar-refractivity contribution in [1.29, 1.82) is 0 Å². The summed E-state index contributed by atoms with van der Waals surface area (Å²) in [6, 6.07) is 7.01. The summed E-state index contributed by atoms with van der Waals surface area (Å²) in [5.74, 6) is -0.978. The van der Waals surface area contributed by atoms with Gasteiger partial charge in [0.05, 0.1) is 0 Å². The molecular formula is C26H30O4. The highest BCUT2D eigenvalue weighted by molar-refractivity contribution is 6.26. The number of benzene rings is 1. The molecule has 1 aliphatic rings. The van der Waals surface area contributed by atoms with Crippen LogP contribution < -0.4 is 0 Å². The first-order chi connectivity index (χ1) is 14.2. The van der Waals surface area contributed by atoms with E-state index in [1.807, 2.05) is 13.0 Å². The molecule has 0 saturated carbocycles. The molecule has 4 heteroatoms. The zero-order chi connectivity index (χ0) is 22.3. The first kappa shape index (κ1) is 23.3.